The van der Waals surface area contributed by atoms with Crippen LogP contribution in [0.1, 0.15) is 11.4 Å². The molecule has 7 nitrogen and oxygen atoms in total. The molecule has 0 aliphatic carbocycles. The highest BCUT2D eigenvalue weighted by Gasteiger charge is 2.15. The van der Waals surface area contributed by atoms with E-state index in [0.717, 1.165) is 22.4 Å². The van der Waals surface area contributed by atoms with Gasteiger partial charge >= 0.3 is 5.97 Å². The number of esters is 1. The zero-order valence-electron chi connectivity index (χ0n) is 16.4. The van der Waals surface area contributed by atoms with Crippen molar-refractivity contribution < 1.29 is 19.1 Å². The number of amides is 1. The van der Waals surface area contributed by atoms with E-state index < -0.39 is 5.97 Å². The number of carbonyl (C=O) groups excluding carboxylic acids is 2. The second-order valence-corrected chi connectivity index (χ2v) is 7.15. The molecule has 3 aromatic rings. The molecule has 0 atom stereocenters. The number of methoxy groups -OCH3 is 1. The van der Waals surface area contributed by atoms with Gasteiger partial charge in [0.15, 0.2) is 6.61 Å². The molecule has 0 aliphatic rings. The number of fused-ring (bicyclic) bond motifs is 1. The number of carbonyl (C=O) groups is 2. The maximum Gasteiger partial charge on any atom is 0.326 e. The molecule has 0 fully saturated rings. The number of imidazole rings is 1. The summed E-state index contributed by atoms with van der Waals surface area (Å²) in [6, 6.07) is 15.0. The molecule has 0 saturated heterocycles. The van der Waals surface area contributed by atoms with E-state index in [1.54, 1.807) is 18.9 Å². The summed E-state index contributed by atoms with van der Waals surface area (Å²) in [6.45, 7) is -0.0287. The largest absolute Gasteiger partial charge is 0.496 e. The van der Waals surface area contributed by atoms with Crippen molar-refractivity contribution >= 4 is 34.7 Å². The normalized spacial score (nSPS) is 10.7. The van der Waals surface area contributed by atoms with Gasteiger partial charge in [-0.2, -0.15) is 11.8 Å². The summed E-state index contributed by atoms with van der Waals surface area (Å²) >= 11 is 1.63. The number of rotatable bonds is 9. The van der Waals surface area contributed by atoms with Gasteiger partial charge in [-0.05, 0) is 24.5 Å². The van der Waals surface area contributed by atoms with Crippen molar-refractivity contribution in [2.75, 3.05) is 20.0 Å². The third-order valence-corrected chi connectivity index (χ3v) is 4.87. The summed E-state index contributed by atoms with van der Waals surface area (Å²) in [6.07, 6.45) is 1.98. The van der Waals surface area contributed by atoms with Crippen molar-refractivity contribution in [1.82, 2.24) is 14.9 Å². The van der Waals surface area contributed by atoms with Gasteiger partial charge in [0.1, 0.15) is 18.1 Å². The van der Waals surface area contributed by atoms with Crippen LogP contribution in [0.15, 0.2) is 48.5 Å². The van der Waals surface area contributed by atoms with E-state index in [9.17, 15) is 9.59 Å². The lowest BCUT2D eigenvalue weighted by Gasteiger charge is -2.11. The molecular weight excluding hydrogens is 390 g/mol. The van der Waals surface area contributed by atoms with E-state index in [0.29, 0.717) is 18.0 Å². The van der Waals surface area contributed by atoms with Crippen LogP contribution < -0.4 is 10.1 Å². The van der Waals surface area contributed by atoms with Crippen molar-refractivity contribution in [2.24, 2.45) is 0 Å². The molecule has 29 heavy (non-hydrogen) atoms. The Balaban J connectivity index is 1.55. The monoisotopic (exact) mass is 413 g/mol. The fraction of sp³-hybridized carbons (Fsp3) is 0.286. The Bertz CT molecular complexity index is 1000. The van der Waals surface area contributed by atoms with Gasteiger partial charge in [0, 0.05) is 12.1 Å². The number of hydrogen-bond donors (Lipinski definition) is 1. The number of para-hydroxylation sites is 3. The topological polar surface area (TPSA) is 82.5 Å². The van der Waals surface area contributed by atoms with E-state index in [4.69, 9.17) is 9.47 Å². The third-order valence-electron chi connectivity index (χ3n) is 4.33. The Kier molecular flexibility index (Phi) is 7.13. The van der Waals surface area contributed by atoms with Gasteiger partial charge in [0.05, 0.1) is 23.9 Å². The molecule has 0 saturated carbocycles. The van der Waals surface area contributed by atoms with Crippen LogP contribution in [-0.4, -0.2) is 41.4 Å². The predicted molar refractivity (Wildman–Crippen MR) is 113 cm³/mol. The SMILES string of the molecule is COc1ccccc1CNC(=O)COC(=O)Cn1c(CSC)nc2ccccc21. The summed E-state index contributed by atoms with van der Waals surface area (Å²) in [7, 11) is 1.58. The average Bonchev–Trinajstić information content (AvgIpc) is 3.08. The molecule has 8 heteroatoms. The van der Waals surface area contributed by atoms with E-state index in [2.05, 4.69) is 10.3 Å². The molecule has 1 aromatic heterocycles. The number of thioether (sulfide) groups is 1. The number of aromatic nitrogens is 2. The van der Waals surface area contributed by atoms with Crippen molar-refractivity contribution in [3.63, 3.8) is 0 Å². The Morgan fingerprint density at radius 3 is 2.69 bits per heavy atom. The molecule has 0 radical (unpaired) electrons. The first kappa shape index (κ1) is 20.7. The summed E-state index contributed by atoms with van der Waals surface area (Å²) in [5.74, 6) is 1.32. The maximum absolute atomic E-state index is 12.3. The number of hydrogen-bond acceptors (Lipinski definition) is 6. The van der Waals surface area contributed by atoms with Gasteiger partial charge in [0.2, 0.25) is 0 Å². The highest BCUT2D eigenvalue weighted by atomic mass is 32.2. The minimum absolute atomic E-state index is 0.0101. The van der Waals surface area contributed by atoms with E-state index >= 15 is 0 Å². The van der Waals surface area contributed by atoms with Crippen molar-refractivity contribution in [3.8, 4) is 5.75 Å². The molecule has 1 N–H and O–H groups in total. The Morgan fingerprint density at radius 2 is 1.90 bits per heavy atom. The highest BCUT2D eigenvalue weighted by molar-refractivity contribution is 7.97. The van der Waals surface area contributed by atoms with Gasteiger partial charge in [-0.25, -0.2) is 4.98 Å². The highest BCUT2D eigenvalue weighted by Crippen LogP contribution is 2.19. The Labute approximate surface area is 173 Å². The fourth-order valence-corrected chi connectivity index (χ4v) is 3.43. The zero-order valence-corrected chi connectivity index (χ0v) is 17.2. The van der Waals surface area contributed by atoms with Gasteiger partial charge < -0.3 is 19.4 Å². The lowest BCUT2D eigenvalue weighted by Crippen LogP contribution is -2.29. The van der Waals surface area contributed by atoms with Gasteiger partial charge in [-0.3, -0.25) is 9.59 Å². The number of benzene rings is 2. The van der Waals surface area contributed by atoms with E-state index in [1.165, 1.54) is 0 Å². The predicted octanol–water partition coefficient (Wildman–Crippen LogP) is 2.77. The molecular formula is C21H23N3O4S. The molecule has 0 bridgehead atoms. The van der Waals surface area contributed by atoms with Crippen LogP contribution >= 0.6 is 11.8 Å². The minimum atomic E-state index is -0.483. The van der Waals surface area contributed by atoms with Crippen molar-refractivity contribution in [2.45, 2.75) is 18.8 Å². The summed E-state index contributed by atoms with van der Waals surface area (Å²) in [5, 5.41) is 2.73. The van der Waals surface area contributed by atoms with Crippen LogP contribution in [0.25, 0.3) is 11.0 Å². The second kappa shape index (κ2) is 9.97. The van der Waals surface area contributed by atoms with Crippen LogP contribution in [-0.2, 0) is 33.2 Å². The molecule has 1 heterocycles. The van der Waals surface area contributed by atoms with Crippen molar-refractivity contribution in [1.29, 1.82) is 0 Å². The van der Waals surface area contributed by atoms with Crippen LogP contribution in [0, 0.1) is 0 Å². The second-order valence-electron chi connectivity index (χ2n) is 6.29. The van der Waals surface area contributed by atoms with Gasteiger partial charge in [-0.1, -0.05) is 30.3 Å². The van der Waals surface area contributed by atoms with E-state index in [-0.39, 0.29) is 19.1 Å². The molecule has 152 valence electrons. The minimum Gasteiger partial charge on any atom is -0.496 e. The van der Waals surface area contributed by atoms with Gasteiger partial charge in [-0.15, -0.1) is 0 Å². The van der Waals surface area contributed by atoms with E-state index in [1.807, 2.05) is 59.4 Å². The Hall–Kier alpha value is -3.00. The third kappa shape index (κ3) is 5.29. The Morgan fingerprint density at radius 1 is 1.14 bits per heavy atom. The molecule has 2 aromatic carbocycles. The van der Waals surface area contributed by atoms with Crippen LogP contribution in [0.4, 0.5) is 0 Å². The average molecular weight is 413 g/mol. The molecule has 1 amide bonds. The molecule has 3 rings (SSSR count). The fourth-order valence-electron chi connectivity index (χ4n) is 2.96. The van der Waals surface area contributed by atoms with Gasteiger partial charge in [0.25, 0.3) is 5.91 Å². The molecule has 0 unspecified atom stereocenters. The number of nitrogens with zero attached hydrogens (tertiary/aromatic N) is 2. The number of nitrogens with one attached hydrogen (secondary N) is 1. The smallest absolute Gasteiger partial charge is 0.326 e. The first-order valence-corrected chi connectivity index (χ1v) is 10.5. The maximum atomic E-state index is 12.3. The van der Waals surface area contributed by atoms with Crippen LogP contribution in [0.3, 0.4) is 0 Å². The first-order chi connectivity index (χ1) is 14.1. The summed E-state index contributed by atoms with van der Waals surface area (Å²) in [5.41, 5.74) is 2.55. The lowest BCUT2D eigenvalue weighted by molar-refractivity contribution is -0.149. The molecule has 0 aliphatic heterocycles. The first-order valence-electron chi connectivity index (χ1n) is 9.09. The lowest BCUT2D eigenvalue weighted by atomic mass is 10.2. The summed E-state index contributed by atoms with van der Waals surface area (Å²) in [4.78, 5) is 28.9. The zero-order chi connectivity index (χ0) is 20.6. The number of ether oxygens (including phenoxy) is 2. The molecule has 0 spiro atoms. The van der Waals surface area contributed by atoms with Crippen molar-refractivity contribution in [3.05, 3.63) is 59.9 Å². The quantitative estimate of drug-likeness (QED) is 0.543. The standard InChI is InChI=1S/C21H23N3O4S/c1-27-18-10-6-3-7-15(18)11-22-20(25)13-28-21(26)12-24-17-9-5-4-8-16(17)23-19(24)14-29-2/h3-10H,11-14H2,1-2H3,(H,22,25). The van der Waals surface area contributed by atoms with Crippen LogP contribution in [0.5, 0.6) is 5.75 Å². The summed E-state index contributed by atoms with van der Waals surface area (Å²) < 4.78 is 12.3. The van der Waals surface area contributed by atoms with Crippen LogP contribution in [0.2, 0.25) is 0 Å².